The molecular weight excluding hydrogens is 721 g/mol. The van der Waals surface area contributed by atoms with Crippen LogP contribution in [0.3, 0.4) is 0 Å². The van der Waals surface area contributed by atoms with Crippen LogP contribution in [0.2, 0.25) is 0 Å². The molecule has 0 atom stereocenters. The van der Waals surface area contributed by atoms with E-state index >= 15 is 0 Å². The van der Waals surface area contributed by atoms with E-state index in [1.54, 1.807) is 24.4 Å². The molecule has 3 aromatic heterocycles. The number of aryl methyl sites for hydroxylation is 4. The quantitative estimate of drug-likeness (QED) is 0.141. The van der Waals surface area contributed by atoms with Crippen molar-refractivity contribution in [1.82, 2.24) is 24.1 Å². The van der Waals surface area contributed by atoms with Crippen LogP contribution < -0.4 is 0 Å². The fourth-order valence-corrected chi connectivity index (χ4v) is 4.14. The maximum atomic E-state index is 13.2. The van der Waals surface area contributed by atoms with Crippen LogP contribution in [0.5, 0.6) is 0 Å². The van der Waals surface area contributed by atoms with Gasteiger partial charge in [0.25, 0.3) is 0 Å². The smallest absolute Gasteiger partial charge is 0.366 e. The minimum atomic E-state index is -0.649. The van der Waals surface area contributed by atoms with E-state index in [1.807, 2.05) is 78.3 Å². The Labute approximate surface area is 264 Å². The maximum Gasteiger partial charge on any atom is 3.00 e. The van der Waals surface area contributed by atoms with Crippen molar-refractivity contribution in [3.8, 4) is 40.0 Å². The van der Waals surface area contributed by atoms with Gasteiger partial charge in [-0.05, 0) is 11.8 Å². The van der Waals surface area contributed by atoms with Crippen molar-refractivity contribution in [3.63, 3.8) is 0 Å². The fraction of sp³-hybridized carbons (Fsp3) is 0.114. The van der Waals surface area contributed by atoms with Gasteiger partial charge < -0.3 is 20.5 Å². The zero-order valence-electron chi connectivity index (χ0n) is 24.1. The van der Waals surface area contributed by atoms with Crippen molar-refractivity contribution < 1.29 is 28.9 Å². The zero-order chi connectivity index (χ0) is 30.1. The summed E-state index contributed by atoms with van der Waals surface area (Å²) in [6, 6.07) is 24.6. The zero-order valence-corrected chi connectivity index (χ0v) is 26.5. The first kappa shape index (κ1) is 32.8. The molecule has 0 unspecified atom stereocenters. The van der Waals surface area contributed by atoms with Gasteiger partial charge in [0.2, 0.25) is 0 Å². The number of nitrogens with zero attached hydrogens (tertiary/aromatic N) is 5. The summed E-state index contributed by atoms with van der Waals surface area (Å²) in [5.41, 5.74) is 5.87. The van der Waals surface area contributed by atoms with Gasteiger partial charge in [0.15, 0.2) is 0 Å². The second kappa shape index (κ2) is 15.5. The molecule has 5 nitrogen and oxygen atoms in total. The van der Waals surface area contributed by atoms with Crippen molar-refractivity contribution in [2.24, 2.45) is 14.1 Å². The van der Waals surface area contributed by atoms with E-state index in [0.29, 0.717) is 5.69 Å². The molecule has 0 aliphatic rings. The van der Waals surface area contributed by atoms with Gasteiger partial charge >= 0.3 is 20.1 Å². The molecule has 43 heavy (non-hydrogen) atoms. The van der Waals surface area contributed by atoms with Gasteiger partial charge in [-0.25, -0.2) is 0 Å². The Morgan fingerprint density at radius 3 is 1.77 bits per heavy atom. The third-order valence-electron chi connectivity index (χ3n) is 6.26. The molecule has 216 valence electrons. The van der Waals surface area contributed by atoms with Gasteiger partial charge in [0.05, 0.1) is 11.6 Å². The first-order valence-electron chi connectivity index (χ1n) is 13.0. The molecule has 6 rings (SSSR count). The maximum absolute atomic E-state index is 13.2. The summed E-state index contributed by atoms with van der Waals surface area (Å²) in [6.45, 7) is 4.19. The van der Waals surface area contributed by atoms with Gasteiger partial charge in [-0.3, -0.25) is 24.7 Å². The summed E-state index contributed by atoms with van der Waals surface area (Å²) in [5.74, 6) is 2.85. The Bertz CT molecular complexity index is 1740. The van der Waals surface area contributed by atoms with Gasteiger partial charge in [-0.15, -0.1) is 53.1 Å². The van der Waals surface area contributed by atoms with Gasteiger partial charge in [0.1, 0.15) is 0 Å². The van der Waals surface area contributed by atoms with Crippen LogP contribution in [0.15, 0.2) is 97.7 Å². The number of pyridine rings is 1. The molecule has 3 heterocycles. The largest absolute Gasteiger partial charge is 3.00 e. The molecule has 6 aromatic rings. The van der Waals surface area contributed by atoms with Crippen molar-refractivity contribution in [2.75, 3.05) is 0 Å². The van der Waals surface area contributed by atoms with Gasteiger partial charge in [0, 0.05) is 56.7 Å². The third-order valence-corrected chi connectivity index (χ3v) is 6.26. The van der Waals surface area contributed by atoms with E-state index in [2.05, 4.69) is 52.9 Å². The number of benzene rings is 3. The molecule has 0 saturated heterocycles. The standard InChI is InChI=1S/C16H17N4.C11H6F2N.C8H5.Ir/c1-11-9-12(2)14(16-18-6-8-20(16)4)10-13(11)15-17-5-7-19(15)3;12-8-4-5-9(10(13)7-8)11-3-1-2-6-14-11;1-2-8-6-4-3-5-7-8;/h5-9H,1-4H3;1-4,6-7H;3-7H;/q3*-1;+3. The van der Waals surface area contributed by atoms with Crippen LogP contribution in [-0.4, -0.2) is 24.1 Å². The van der Waals surface area contributed by atoms with Crippen molar-refractivity contribution in [1.29, 1.82) is 0 Å². The average molecular weight is 749 g/mol. The fourth-order valence-electron chi connectivity index (χ4n) is 4.14. The molecule has 0 amide bonds. The summed E-state index contributed by atoms with van der Waals surface area (Å²) < 4.78 is 29.8. The molecule has 0 spiro atoms. The van der Waals surface area contributed by atoms with E-state index in [1.165, 1.54) is 11.1 Å². The monoisotopic (exact) mass is 749 g/mol. The molecule has 0 fully saturated rings. The van der Waals surface area contributed by atoms with E-state index in [9.17, 15) is 8.78 Å². The first-order valence-corrected chi connectivity index (χ1v) is 13.0. The summed E-state index contributed by atoms with van der Waals surface area (Å²) >= 11 is 0. The second-order valence-corrected chi connectivity index (χ2v) is 9.36. The molecule has 0 N–H and O–H groups in total. The second-order valence-electron chi connectivity index (χ2n) is 9.36. The summed E-state index contributed by atoms with van der Waals surface area (Å²) in [7, 11) is 3.99. The van der Waals surface area contributed by atoms with Crippen LogP contribution in [0.1, 0.15) is 16.7 Å². The number of rotatable bonds is 3. The predicted octanol–water partition coefficient (Wildman–Crippen LogP) is 7.35. The molecule has 3 aromatic carbocycles. The van der Waals surface area contributed by atoms with Crippen molar-refractivity contribution in [3.05, 3.63) is 145 Å². The number of halogens is 2. The summed E-state index contributed by atoms with van der Waals surface area (Å²) in [5, 5.41) is 0. The Kier molecular flexibility index (Phi) is 11.8. The number of hydrogen-bond donors (Lipinski definition) is 0. The van der Waals surface area contributed by atoms with Crippen LogP contribution in [0.25, 0.3) is 34.0 Å². The van der Waals surface area contributed by atoms with Crippen LogP contribution >= 0.6 is 0 Å². The van der Waals surface area contributed by atoms with Crippen LogP contribution in [-0.2, 0) is 34.2 Å². The number of hydrogen-bond acceptors (Lipinski definition) is 3. The van der Waals surface area contributed by atoms with Crippen LogP contribution in [0.4, 0.5) is 8.78 Å². The van der Waals surface area contributed by atoms with Crippen molar-refractivity contribution in [2.45, 2.75) is 13.8 Å². The molecule has 0 radical (unpaired) electrons. The predicted molar refractivity (Wildman–Crippen MR) is 160 cm³/mol. The summed E-state index contributed by atoms with van der Waals surface area (Å²) in [4.78, 5) is 12.8. The summed E-state index contributed by atoms with van der Waals surface area (Å²) in [6.07, 6.45) is 15.8. The Hall–Kier alpha value is -4.70. The van der Waals surface area contributed by atoms with E-state index in [0.717, 1.165) is 40.5 Å². The SMILES string of the molecule is Cc1cc(C)c(-c2nccn2C)[c-]c1-c1nccn1C.Fc1c[c-]c(-c2ccccn2)c(F)c1.[C-]#Cc1ccccc1.[Ir+3]. The topological polar surface area (TPSA) is 48.5 Å². The van der Waals surface area contributed by atoms with Crippen molar-refractivity contribution >= 4 is 0 Å². The third kappa shape index (κ3) is 8.42. The number of aromatic nitrogens is 5. The molecule has 0 aliphatic heterocycles. The molecule has 0 aliphatic carbocycles. The Balaban J connectivity index is 0.000000192. The molecular formula is C35H28F2IrN5. The van der Waals surface area contributed by atoms with E-state index < -0.39 is 11.6 Å². The van der Waals surface area contributed by atoms with Gasteiger partial charge in [-0.1, -0.05) is 66.9 Å². The number of imidazole rings is 2. The molecule has 0 saturated carbocycles. The van der Waals surface area contributed by atoms with Gasteiger partial charge in [-0.2, -0.15) is 0 Å². The normalized spacial score (nSPS) is 9.88. The Morgan fingerprint density at radius 1 is 0.744 bits per heavy atom. The van der Waals surface area contributed by atoms with E-state index in [4.69, 9.17) is 6.42 Å². The minimum Gasteiger partial charge on any atom is -0.366 e. The van der Waals surface area contributed by atoms with E-state index in [-0.39, 0.29) is 25.7 Å². The first-order chi connectivity index (χ1) is 20.3. The molecule has 0 bridgehead atoms. The van der Waals surface area contributed by atoms with Crippen LogP contribution in [0, 0.1) is 50.0 Å². The Morgan fingerprint density at radius 2 is 1.33 bits per heavy atom. The minimum absolute atomic E-state index is 0. The average Bonchev–Trinajstić information content (AvgIpc) is 3.62. The molecule has 8 heteroatoms.